The van der Waals surface area contributed by atoms with E-state index in [1.54, 1.807) is 6.07 Å². The first-order valence-corrected chi connectivity index (χ1v) is 8.91. The van der Waals surface area contributed by atoms with E-state index < -0.39 is 0 Å². The lowest BCUT2D eigenvalue weighted by molar-refractivity contribution is -0.659. The molecule has 0 unspecified atom stereocenters. The van der Waals surface area contributed by atoms with Crippen LogP contribution in [0.2, 0.25) is 0 Å². The summed E-state index contributed by atoms with van der Waals surface area (Å²) in [7, 11) is 2.06. The van der Waals surface area contributed by atoms with Crippen LogP contribution in [0.15, 0.2) is 71.3 Å². The second kappa shape index (κ2) is 5.69. The van der Waals surface area contributed by atoms with Crippen molar-refractivity contribution in [2.24, 2.45) is 7.05 Å². The molecule has 0 fully saturated rings. The Bertz CT molecular complexity index is 1400. The number of nitrogens with zero attached hydrogens (tertiary/aromatic N) is 2. The minimum atomic E-state index is 0.564. The van der Waals surface area contributed by atoms with Gasteiger partial charge in [-0.05, 0) is 30.0 Å². The van der Waals surface area contributed by atoms with Gasteiger partial charge in [0.2, 0.25) is 5.69 Å². The third-order valence-corrected chi connectivity index (χ3v) is 5.28. The first-order valence-electron chi connectivity index (χ1n) is 8.91. The molecule has 5 aromatic rings. The van der Waals surface area contributed by atoms with Crippen LogP contribution in [-0.4, -0.2) is 0 Å². The van der Waals surface area contributed by atoms with Crippen molar-refractivity contribution in [1.82, 2.24) is 0 Å². The van der Waals surface area contributed by atoms with Crippen LogP contribution in [-0.2, 0) is 7.05 Å². The summed E-state index contributed by atoms with van der Waals surface area (Å²) in [6, 6.07) is 22.7. The Morgan fingerprint density at radius 2 is 1.63 bits per heavy atom. The maximum absolute atomic E-state index is 9.47. The molecule has 3 heteroatoms. The van der Waals surface area contributed by atoms with Gasteiger partial charge in [-0.2, -0.15) is 5.26 Å². The highest BCUT2D eigenvalue weighted by atomic mass is 16.3. The van der Waals surface area contributed by atoms with Gasteiger partial charge in [-0.15, -0.1) is 0 Å². The standard InChI is InChI=1S/C24H17N2O/c1-15-10-11-20-19-9-5-7-17(14-25)23(19)27-24(20)21(15)22-18-8-4-3-6-16(18)12-13-26(22)2/h3-13H,1-2H3/q+1. The second-order valence-corrected chi connectivity index (χ2v) is 6.89. The summed E-state index contributed by atoms with van der Waals surface area (Å²) in [4.78, 5) is 0. The van der Waals surface area contributed by atoms with Gasteiger partial charge < -0.3 is 4.42 Å². The average molecular weight is 349 g/mol. The Labute approximate surface area is 156 Å². The highest BCUT2D eigenvalue weighted by Gasteiger charge is 2.23. The van der Waals surface area contributed by atoms with Gasteiger partial charge in [0.25, 0.3) is 0 Å². The molecule has 128 valence electrons. The fourth-order valence-electron chi connectivity index (χ4n) is 3.97. The summed E-state index contributed by atoms with van der Waals surface area (Å²) >= 11 is 0. The molecule has 0 aliphatic carbocycles. The van der Waals surface area contributed by atoms with Crippen molar-refractivity contribution in [2.45, 2.75) is 6.92 Å². The maximum atomic E-state index is 9.47. The minimum absolute atomic E-state index is 0.564. The Morgan fingerprint density at radius 3 is 2.48 bits per heavy atom. The molecule has 0 aliphatic rings. The van der Waals surface area contributed by atoms with E-state index in [0.717, 1.165) is 33.2 Å². The van der Waals surface area contributed by atoms with Gasteiger partial charge in [-0.3, -0.25) is 0 Å². The number of para-hydroxylation sites is 1. The lowest BCUT2D eigenvalue weighted by atomic mass is 9.97. The minimum Gasteiger partial charge on any atom is -0.454 e. The van der Waals surface area contributed by atoms with Crippen molar-refractivity contribution in [3.05, 3.63) is 78.0 Å². The van der Waals surface area contributed by atoms with Gasteiger partial charge in [0.05, 0.1) is 16.5 Å². The topological polar surface area (TPSA) is 40.8 Å². The molecule has 0 spiro atoms. The molecule has 0 bridgehead atoms. The number of nitriles is 1. The highest BCUT2D eigenvalue weighted by molar-refractivity contribution is 6.12. The molecule has 2 aromatic heterocycles. The molecule has 0 N–H and O–H groups in total. The zero-order chi connectivity index (χ0) is 18.5. The monoisotopic (exact) mass is 349 g/mol. The van der Waals surface area contributed by atoms with Gasteiger partial charge in [0.15, 0.2) is 11.8 Å². The number of hydrogen-bond acceptors (Lipinski definition) is 2. The smallest absolute Gasteiger partial charge is 0.224 e. The van der Waals surface area contributed by atoms with Crippen molar-refractivity contribution < 1.29 is 8.98 Å². The molecule has 5 rings (SSSR count). The molecule has 0 atom stereocenters. The molecule has 0 amide bonds. The van der Waals surface area contributed by atoms with E-state index in [1.807, 2.05) is 12.1 Å². The zero-order valence-electron chi connectivity index (χ0n) is 15.2. The molecule has 0 aliphatic heterocycles. The molecule has 3 aromatic carbocycles. The number of benzene rings is 3. The van der Waals surface area contributed by atoms with Crippen LogP contribution in [0.4, 0.5) is 0 Å². The van der Waals surface area contributed by atoms with E-state index in [1.165, 1.54) is 10.8 Å². The van der Waals surface area contributed by atoms with Gasteiger partial charge in [0, 0.05) is 16.8 Å². The number of rotatable bonds is 1. The molecule has 3 nitrogen and oxygen atoms in total. The Balaban J connectivity index is 2.00. The van der Waals surface area contributed by atoms with Crippen molar-refractivity contribution in [3.8, 4) is 17.3 Å². The number of hydrogen-bond donors (Lipinski definition) is 0. The first kappa shape index (κ1) is 15.6. The van der Waals surface area contributed by atoms with Gasteiger partial charge >= 0.3 is 0 Å². The van der Waals surface area contributed by atoms with E-state index in [9.17, 15) is 5.26 Å². The highest BCUT2D eigenvalue weighted by Crippen LogP contribution is 2.39. The van der Waals surface area contributed by atoms with E-state index in [-0.39, 0.29) is 0 Å². The molecular formula is C24H17N2O+. The second-order valence-electron chi connectivity index (χ2n) is 6.89. The molecule has 0 radical (unpaired) electrons. The number of aryl methyl sites for hydroxylation is 2. The molecule has 0 saturated heterocycles. The van der Waals surface area contributed by atoms with Crippen LogP contribution >= 0.6 is 0 Å². The lowest BCUT2D eigenvalue weighted by Gasteiger charge is -2.08. The average Bonchev–Trinajstić information content (AvgIpc) is 3.07. The lowest BCUT2D eigenvalue weighted by Crippen LogP contribution is -2.30. The fourth-order valence-corrected chi connectivity index (χ4v) is 3.97. The third kappa shape index (κ3) is 2.17. The number of furan rings is 1. The van der Waals surface area contributed by atoms with E-state index in [4.69, 9.17) is 4.42 Å². The summed E-state index contributed by atoms with van der Waals surface area (Å²) in [5.41, 5.74) is 5.40. The van der Waals surface area contributed by atoms with Crippen molar-refractivity contribution in [1.29, 1.82) is 5.26 Å². The summed E-state index contributed by atoms with van der Waals surface area (Å²) in [5.74, 6) is 0. The summed E-state index contributed by atoms with van der Waals surface area (Å²) in [5, 5.41) is 13.9. The van der Waals surface area contributed by atoms with Crippen LogP contribution < -0.4 is 4.57 Å². The molecule has 0 saturated carbocycles. The van der Waals surface area contributed by atoms with Crippen LogP contribution in [0.1, 0.15) is 11.1 Å². The van der Waals surface area contributed by atoms with Gasteiger partial charge in [-0.1, -0.05) is 42.5 Å². The Morgan fingerprint density at radius 1 is 0.852 bits per heavy atom. The zero-order valence-corrected chi connectivity index (χ0v) is 15.2. The van der Waals surface area contributed by atoms with Crippen LogP contribution in [0.5, 0.6) is 0 Å². The normalized spacial score (nSPS) is 11.3. The number of aromatic nitrogens is 1. The quantitative estimate of drug-likeness (QED) is 0.380. The SMILES string of the molecule is Cc1ccc2c(oc3c(C#N)cccc32)c1-c1c2ccccc2cc[n+]1C. The largest absolute Gasteiger partial charge is 0.454 e. The first-order chi connectivity index (χ1) is 13.2. The molecule has 2 heterocycles. The molecular weight excluding hydrogens is 332 g/mol. The number of fused-ring (bicyclic) bond motifs is 4. The van der Waals surface area contributed by atoms with E-state index in [0.29, 0.717) is 11.1 Å². The van der Waals surface area contributed by atoms with E-state index >= 15 is 0 Å². The third-order valence-electron chi connectivity index (χ3n) is 5.28. The van der Waals surface area contributed by atoms with Crippen LogP contribution in [0.25, 0.3) is 44.0 Å². The van der Waals surface area contributed by atoms with Gasteiger partial charge in [-0.25, -0.2) is 4.57 Å². The molecule has 27 heavy (non-hydrogen) atoms. The maximum Gasteiger partial charge on any atom is 0.224 e. The van der Waals surface area contributed by atoms with Crippen molar-refractivity contribution in [2.75, 3.05) is 0 Å². The predicted molar refractivity (Wildman–Crippen MR) is 107 cm³/mol. The Hall–Kier alpha value is -3.64. The van der Waals surface area contributed by atoms with Crippen molar-refractivity contribution >= 4 is 32.7 Å². The summed E-state index contributed by atoms with van der Waals surface area (Å²) in [6.45, 7) is 2.11. The predicted octanol–water partition coefficient (Wildman–Crippen LogP) is 5.41. The summed E-state index contributed by atoms with van der Waals surface area (Å²) < 4.78 is 8.45. The van der Waals surface area contributed by atoms with Gasteiger partial charge in [0.1, 0.15) is 18.7 Å². The fraction of sp³-hybridized carbons (Fsp3) is 0.0833. The van der Waals surface area contributed by atoms with Crippen LogP contribution in [0, 0.1) is 18.3 Å². The van der Waals surface area contributed by atoms with E-state index in [2.05, 4.69) is 73.3 Å². The van der Waals surface area contributed by atoms with Crippen molar-refractivity contribution in [3.63, 3.8) is 0 Å². The van der Waals surface area contributed by atoms with Crippen LogP contribution in [0.3, 0.4) is 0 Å². The summed E-state index contributed by atoms with van der Waals surface area (Å²) in [6.07, 6.45) is 2.08. The Kier molecular flexibility index (Phi) is 3.29. The number of pyridine rings is 1.